The molecule has 2 heteroatoms. The molecule has 0 aliphatic heterocycles. The van der Waals surface area contributed by atoms with Gasteiger partial charge in [0.2, 0.25) is 0 Å². The molecular formula is C20H32O2. The molecule has 3 aliphatic carbocycles. The van der Waals surface area contributed by atoms with Crippen molar-refractivity contribution in [1.82, 2.24) is 0 Å². The lowest BCUT2D eigenvalue weighted by molar-refractivity contribution is -0.173. The molecule has 6 atom stereocenters. The molecule has 3 fully saturated rings. The molecule has 0 radical (unpaired) electrons. The van der Waals surface area contributed by atoms with Gasteiger partial charge in [0.25, 0.3) is 0 Å². The number of Topliss-reactive ketones (excluding diaryl/α,β-unsaturated/α-hetero) is 1. The Balaban J connectivity index is 1.96. The van der Waals surface area contributed by atoms with Crippen molar-refractivity contribution in [2.75, 3.05) is 0 Å². The fraction of sp³-hybridized carbons (Fsp3) is 0.850. The number of carbonyl (C=O) groups excluding carboxylic acids is 1. The zero-order valence-corrected chi connectivity index (χ0v) is 14.7. The van der Waals surface area contributed by atoms with Crippen LogP contribution in [-0.2, 0) is 4.79 Å². The summed E-state index contributed by atoms with van der Waals surface area (Å²) in [6, 6.07) is 0. The van der Waals surface area contributed by atoms with Crippen LogP contribution in [0.5, 0.6) is 0 Å². The molecule has 0 spiro atoms. The highest BCUT2D eigenvalue weighted by molar-refractivity contribution is 5.84. The van der Waals surface area contributed by atoms with Crippen molar-refractivity contribution in [2.45, 2.75) is 72.3 Å². The molecule has 2 nitrogen and oxygen atoms in total. The van der Waals surface area contributed by atoms with Gasteiger partial charge in [0.05, 0.1) is 6.10 Å². The van der Waals surface area contributed by atoms with Crippen LogP contribution in [0, 0.1) is 34.0 Å². The van der Waals surface area contributed by atoms with Gasteiger partial charge in [-0.15, -0.1) is 6.58 Å². The largest absolute Gasteiger partial charge is 0.393 e. The van der Waals surface area contributed by atoms with Gasteiger partial charge < -0.3 is 5.11 Å². The van der Waals surface area contributed by atoms with E-state index in [1.165, 1.54) is 0 Å². The molecule has 124 valence electrons. The maximum atomic E-state index is 13.0. The Kier molecular flexibility index (Phi) is 3.64. The van der Waals surface area contributed by atoms with Crippen LogP contribution >= 0.6 is 0 Å². The van der Waals surface area contributed by atoms with Gasteiger partial charge in [-0.2, -0.15) is 0 Å². The van der Waals surface area contributed by atoms with Gasteiger partial charge in [-0.25, -0.2) is 0 Å². The van der Waals surface area contributed by atoms with Gasteiger partial charge in [0, 0.05) is 12.3 Å². The predicted octanol–water partition coefficient (Wildman–Crippen LogP) is 4.37. The Labute approximate surface area is 135 Å². The standard InChI is InChI=1S/C20H32O2/c1-6-19(4)11-13-7-8-15-18(2,3)16(22)9-10-20(15,5)17(13)14(21)12-19/h6,13,15-17,22H,1,7-12H2,2-5H3. The van der Waals surface area contributed by atoms with Crippen molar-refractivity contribution in [3.63, 3.8) is 0 Å². The highest BCUT2D eigenvalue weighted by Crippen LogP contribution is 2.64. The topological polar surface area (TPSA) is 37.3 Å². The van der Waals surface area contributed by atoms with Crippen LogP contribution in [0.25, 0.3) is 0 Å². The van der Waals surface area contributed by atoms with E-state index in [1.54, 1.807) is 0 Å². The summed E-state index contributed by atoms with van der Waals surface area (Å²) in [5.74, 6) is 1.63. The number of rotatable bonds is 1. The lowest BCUT2D eigenvalue weighted by Crippen LogP contribution is -2.59. The highest BCUT2D eigenvalue weighted by atomic mass is 16.3. The van der Waals surface area contributed by atoms with Crippen LogP contribution in [0.2, 0.25) is 0 Å². The van der Waals surface area contributed by atoms with Crippen molar-refractivity contribution >= 4 is 5.78 Å². The number of ketones is 1. The Morgan fingerprint density at radius 3 is 2.50 bits per heavy atom. The van der Waals surface area contributed by atoms with E-state index in [9.17, 15) is 9.90 Å². The second-order valence-corrected chi connectivity index (χ2v) is 9.45. The monoisotopic (exact) mass is 304 g/mol. The fourth-order valence-electron chi connectivity index (χ4n) is 6.42. The Morgan fingerprint density at radius 1 is 1.18 bits per heavy atom. The number of hydrogen-bond acceptors (Lipinski definition) is 2. The number of fused-ring (bicyclic) bond motifs is 3. The van der Waals surface area contributed by atoms with E-state index in [0.717, 1.165) is 32.1 Å². The lowest BCUT2D eigenvalue weighted by atomic mass is 9.42. The fourth-order valence-corrected chi connectivity index (χ4v) is 6.42. The minimum atomic E-state index is -0.223. The molecule has 0 aromatic carbocycles. The van der Waals surface area contributed by atoms with E-state index in [0.29, 0.717) is 24.0 Å². The Morgan fingerprint density at radius 2 is 1.86 bits per heavy atom. The van der Waals surface area contributed by atoms with Gasteiger partial charge in [-0.1, -0.05) is 33.8 Å². The number of hydrogen-bond donors (Lipinski definition) is 1. The number of carbonyl (C=O) groups is 1. The normalized spacial score (nSPS) is 50.9. The summed E-state index contributed by atoms with van der Waals surface area (Å²) in [5.41, 5.74) is -0.00614. The summed E-state index contributed by atoms with van der Waals surface area (Å²) in [5, 5.41) is 10.5. The van der Waals surface area contributed by atoms with Crippen LogP contribution in [-0.4, -0.2) is 17.0 Å². The Bertz CT molecular complexity index is 494. The first-order valence-corrected chi connectivity index (χ1v) is 8.98. The maximum Gasteiger partial charge on any atom is 0.137 e. The summed E-state index contributed by atoms with van der Waals surface area (Å²) in [6.45, 7) is 12.9. The average Bonchev–Trinajstić information content (AvgIpc) is 2.42. The SMILES string of the molecule is C=CC1(C)CC(=O)C2C(CCC3C(C)(C)C(O)CCC23C)C1. The third kappa shape index (κ3) is 2.13. The van der Waals surface area contributed by atoms with E-state index in [2.05, 4.69) is 34.3 Å². The molecule has 3 aliphatic rings. The smallest absolute Gasteiger partial charge is 0.137 e. The zero-order chi connectivity index (χ0) is 16.3. The van der Waals surface area contributed by atoms with Gasteiger partial charge in [0.15, 0.2) is 0 Å². The first-order valence-electron chi connectivity index (χ1n) is 8.98. The minimum Gasteiger partial charge on any atom is -0.393 e. The summed E-state index contributed by atoms with van der Waals surface area (Å²) in [4.78, 5) is 13.0. The predicted molar refractivity (Wildman–Crippen MR) is 89.4 cm³/mol. The molecule has 0 aromatic rings. The van der Waals surface area contributed by atoms with E-state index in [-0.39, 0.29) is 28.3 Å². The van der Waals surface area contributed by atoms with E-state index in [1.807, 2.05) is 6.08 Å². The van der Waals surface area contributed by atoms with Crippen LogP contribution in [0.1, 0.15) is 66.2 Å². The molecule has 3 rings (SSSR count). The second-order valence-electron chi connectivity index (χ2n) is 9.45. The second kappa shape index (κ2) is 4.93. The van der Waals surface area contributed by atoms with Crippen molar-refractivity contribution in [2.24, 2.45) is 34.0 Å². The molecule has 0 heterocycles. The van der Waals surface area contributed by atoms with Crippen molar-refractivity contribution in [3.8, 4) is 0 Å². The molecule has 1 N–H and O–H groups in total. The van der Waals surface area contributed by atoms with Crippen LogP contribution < -0.4 is 0 Å². The van der Waals surface area contributed by atoms with Crippen molar-refractivity contribution in [1.29, 1.82) is 0 Å². The van der Waals surface area contributed by atoms with E-state index in [4.69, 9.17) is 0 Å². The number of aliphatic hydroxyl groups is 1. The molecular weight excluding hydrogens is 272 g/mol. The summed E-state index contributed by atoms with van der Waals surface area (Å²) < 4.78 is 0. The zero-order valence-electron chi connectivity index (χ0n) is 14.7. The maximum absolute atomic E-state index is 13.0. The van der Waals surface area contributed by atoms with Gasteiger partial charge >= 0.3 is 0 Å². The number of aliphatic hydroxyl groups excluding tert-OH is 1. The van der Waals surface area contributed by atoms with Crippen LogP contribution in [0.4, 0.5) is 0 Å². The first-order chi connectivity index (χ1) is 10.1. The average molecular weight is 304 g/mol. The van der Waals surface area contributed by atoms with Gasteiger partial charge in [0.1, 0.15) is 5.78 Å². The lowest BCUT2D eigenvalue weighted by Gasteiger charge is -2.62. The summed E-state index contributed by atoms with van der Waals surface area (Å²) in [7, 11) is 0. The molecule has 0 bridgehead atoms. The van der Waals surface area contributed by atoms with Gasteiger partial charge in [-0.3, -0.25) is 4.79 Å². The molecule has 6 unspecified atom stereocenters. The highest BCUT2D eigenvalue weighted by Gasteiger charge is 2.60. The summed E-state index contributed by atoms with van der Waals surface area (Å²) in [6.07, 6.45) is 7.68. The van der Waals surface area contributed by atoms with Crippen LogP contribution in [0.15, 0.2) is 12.7 Å². The molecule has 0 aromatic heterocycles. The van der Waals surface area contributed by atoms with Crippen molar-refractivity contribution in [3.05, 3.63) is 12.7 Å². The minimum absolute atomic E-state index is 0.00878. The first kappa shape index (κ1) is 16.2. The van der Waals surface area contributed by atoms with Crippen LogP contribution in [0.3, 0.4) is 0 Å². The van der Waals surface area contributed by atoms with E-state index >= 15 is 0 Å². The Hall–Kier alpha value is -0.630. The molecule has 0 amide bonds. The van der Waals surface area contributed by atoms with Gasteiger partial charge in [-0.05, 0) is 60.2 Å². The quantitative estimate of drug-likeness (QED) is 0.730. The van der Waals surface area contributed by atoms with Crippen molar-refractivity contribution < 1.29 is 9.90 Å². The number of allylic oxidation sites excluding steroid dienone is 1. The molecule has 0 saturated heterocycles. The third-order valence-electron chi connectivity index (χ3n) is 7.66. The molecule has 3 saturated carbocycles. The summed E-state index contributed by atoms with van der Waals surface area (Å²) >= 11 is 0. The van der Waals surface area contributed by atoms with E-state index < -0.39 is 0 Å². The third-order valence-corrected chi connectivity index (χ3v) is 7.66. The molecule has 22 heavy (non-hydrogen) atoms.